The maximum atomic E-state index is 9.73. The first-order valence-electron chi connectivity index (χ1n) is 13.0. The van der Waals surface area contributed by atoms with Gasteiger partial charge in [-0.1, -0.05) is 77.4 Å². The molecule has 3 nitrogen and oxygen atoms in total. The summed E-state index contributed by atoms with van der Waals surface area (Å²) in [4.78, 5) is 0. The minimum atomic E-state index is 0.225. The van der Waals surface area contributed by atoms with Crippen LogP contribution >= 0.6 is 0 Å². The summed E-state index contributed by atoms with van der Waals surface area (Å²) in [5, 5.41) is 13.6. The van der Waals surface area contributed by atoms with E-state index in [1.165, 1.54) is 44.6 Å². The third-order valence-electron chi connectivity index (χ3n) is 6.90. The Balaban J connectivity index is 1.96. The number of phenols is 1. The van der Waals surface area contributed by atoms with Crippen LogP contribution in [-0.2, 0) is 32.1 Å². The summed E-state index contributed by atoms with van der Waals surface area (Å²) in [6.45, 7) is 11.1. The van der Waals surface area contributed by atoms with Crippen LogP contribution in [0, 0.1) is 0 Å². The lowest BCUT2D eigenvalue weighted by Crippen LogP contribution is -2.14. The van der Waals surface area contributed by atoms with Gasteiger partial charge in [-0.05, 0) is 89.6 Å². The summed E-state index contributed by atoms with van der Waals surface area (Å²) < 4.78 is 0. The molecule has 0 radical (unpaired) electrons. The van der Waals surface area contributed by atoms with Gasteiger partial charge in [-0.25, -0.2) is 0 Å². The van der Waals surface area contributed by atoms with Crippen molar-refractivity contribution in [2.45, 2.75) is 85.6 Å². The summed E-state index contributed by atoms with van der Waals surface area (Å²) in [6, 6.07) is 17.2. The highest BCUT2D eigenvalue weighted by Crippen LogP contribution is 2.33. The molecule has 0 fully saturated rings. The van der Waals surface area contributed by atoms with Gasteiger partial charge in [0.15, 0.2) is 0 Å². The van der Waals surface area contributed by atoms with Crippen LogP contribution in [0.1, 0.15) is 92.4 Å². The van der Waals surface area contributed by atoms with Crippen molar-refractivity contribution < 1.29 is 5.11 Å². The molecule has 0 heterocycles. The van der Waals surface area contributed by atoms with Crippen LogP contribution in [0.25, 0.3) is 0 Å². The van der Waals surface area contributed by atoms with E-state index in [1.54, 1.807) is 12.1 Å². The lowest BCUT2D eigenvalue weighted by Gasteiger charge is -2.25. The molecule has 0 aromatic heterocycles. The number of nitrogens with two attached hydrogens (primary N) is 1. The minimum absolute atomic E-state index is 0.225. The highest BCUT2D eigenvalue weighted by molar-refractivity contribution is 5.62. The zero-order valence-electron chi connectivity index (χ0n) is 21.7. The summed E-state index contributed by atoms with van der Waals surface area (Å²) in [6.07, 6.45) is 6.97. The Kier molecular flexibility index (Phi) is 9.04. The monoisotopic (exact) mass is 458 g/mol. The van der Waals surface area contributed by atoms with Gasteiger partial charge in [0.25, 0.3) is 0 Å². The van der Waals surface area contributed by atoms with Gasteiger partial charge in [-0.2, -0.15) is 0 Å². The lowest BCUT2D eigenvalue weighted by atomic mass is 9.92. The minimum Gasteiger partial charge on any atom is -0.508 e. The van der Waals surface area contributed by atoms with Crippen molar-refractivity contribution in [3.63, 3.8) is 0 Å². The predicted octanol–water partition coefficient (Wildman–Crippen LogP) is 7.77. The molecular formula is C31H42N2O. The van der Waals surface area contributed by atoms with Crippen molar-refractivity contribution in [3.8, 4) is 5.75 Å². The molecule has 34 heavy (non-hydrogen) atoms. The molecule has 0 aliphatic rings. The molecule has 0 aliphatic heterocycles. The van der Waals surface area contributed by atoms with Crippen LogP contribution in [0.2, 0.25) is 0 Å². The first-order chi connectivity index (χ1) is 16.4. The average molecular weight is 459 g/mol. The first kappa shape index (κ1) is 25.7. The molecule has 0 amide bonds. The van der Waals surface area contributed by atoms with Gasteiger partial charge in [0.1, 0.15) is 5.75 Å². The van der Waals surface area contributed by atoms with E-state index in [0.29, 0.717) is 5.75 Å². The van der Waals surface area contributed by atoms with E-state index in [-0.39, 0.29) is 6.04 Å². The zero-order chi connectivity index (χ0) is 24.7. The van der Waals surface area contributed by atoms with Gasteiger partial charge in [0, 0.05) is 11.4 Å². The van der Waals surface area contributed by atoms with Crippen molar-refractivity contribution in [2.75, 3.05) is 11.1 Å². The lowest BCUT2D eigenvalue weighted by molar-refractivity contribution is 0.475. The normalized spacial score (nSPS) is 12.0. The SMILES string of the molecule is CCCC(Nc1c(CC)cc(Cc2cc(CC)c(N)c(CC)c2)cc1CC)c1ccc(O)cc1. The first-order valence-corrected chi connectivity index (χ1v) is 13.0. The number of benzene rings is 3. The van der Waals surface area contributed by atoms with Crippen LogP contribution in [-0.4, -0.2) is 5.11 Å². The van der Waals surface area contributed by atoms with Crippen molar-refractivity contribution in [1.29, 1.82) is 0 Å². The molecule has 4 N–H and O–H groups in total. The fourth-order valence-corrected chi connectivity index (χ4v) is 4.95. The molecule has 3 rings (SSSR count). The second-order valence-electron chi connectivity index (χ2n) is 9.28. The van der Waals surface area contributed by atoms with E-state index in [4.69, 9.17) is 5.73 Å². The van der Waals surface area contributed by atoms with Crippen molar-refractivity contribution in [3.05, 3.63) is 87.5 Å². The van der Waals surface area contributed by atoms with Gasteiger partial charge in [-0.3, -0.25) is 0 Å². The van der Waals surface area contributed by atoms with Gasteiger partial charge in [-0.15, -0.1) is 0 Å². The van der Waals surface area contributed by atoms with E-state index >= 15 is 0 Å². The maximum absolute atomic E-state index is 9.73. The van der Waals surface area contributed by atoms with Crippen molar-refractivity contribution in [2.24, 2.45) is 0 Å². The Morgan fingerprint density at radius 1 is 0.735 bits per heavy atom. The second kappa shape index (κ2) is 12.0. The number of hydrogen-bond acceptors (Lipinski definition) is 3. The highest BCUT2D eigenvalue weighted by atomic mass is 16.3. The fourth-order valence-electron chi connectivity index (χ4n) is 4.95. The molecule has 1 atom stereocenters. The standard InChI is InChI=1S/C31H42N2O/c1-6-11-29(27-12-14-28(34)15-13-27)33-31-25(9-4)19-22(20-26(31)10-5)16-21-17-23(7-2)30(32)24(8-3)18-21/h12-15,17-20,29,33-34H,6-11,16,32H2,1-5H3. The smallest absolute Gasteiger partial charge is 0.115 e. The van der Waals surface area contributed by atoms with Crippen LogP contribution in [0.3, 0.4) is 0 Å². The topological polar surface area (TPSA) is 58.3 Å². The zero-order valence-corrected chi connectivity index (χ0v) is 21.7. The van der Waals surface area contributed by atoms with Crippen molar-refractivity contribution in [1.82, 2.24) is 0 Å². The summed E-state index contributed by atoms with van der Waals surface area (Å²) in [7, 11) is 0. The van der Waals surface area contributed by atoms with Gasteiger partial charge in [0.2, 0.25) is 0 Å². The number of phenolic OH excluding ortho intramolecular Hbond substituents is 1. The van der Waals surface area contributed by atoms with E-state index in [9.17, 15) is 5.11 Å². The van der Waals surface area contributed by atoms with E-state index < -0.39 is 0 Å². The van der Waals surface area contributed by atoms with Crippen LogP contribution < -0.4 is 11.1 Å². The molecule has 0 saturated carbocycles. The maximum Gasteiger partial charge on any atom is 0.115 e. The van der Waals surface area contributed by atoms with Crippen LogP contribution in [0.15, 0.2) is 48.5 Å². The number of rotatable bonds is 11. The molecule has 3 aromatic rings. The number of nitrogens with one attached hydrogen (secondary N) is 1. The molecule has 0 aliphatic carbocycles. The Morgan fingerprint density at radius 2 is 1.21 bits per heavy atom. The molecule has 3 heteroatoms. The predicted molar refractivity (Wildman–Crippen MR) is 147 cm³/mol. The molecule has 182 valence electrons. The third-order valence-corrected chi connectivity index (χ3v) is 6.90. The van der Waals surface area contributed by atoms with Crippen molar-refractivity contribution >= 4 is 11.4 Å². The second-order valence-corrected chi connectivity index (χ2v) is 9.28. The number of nitrogen functional groups attached to an aromatic ring is 1. The quantitative estimate of drug-likeness (QED) is 0.257. The fraction of sp³-hybridized carbons (Fsp3) is 0.419. The van der Waals surface area contributed by atoms with Gasteiger partial charge in [0.05, 0.1) is 6.04 Å². The summed E-state index contributed by atoms with van der Waals surface area (Å²) in [5.41, 5.74) is 17.8. The Morgan fingerprint density at radius 3 is 1.65 bits per heavy atom. The van der Waals surface area contributed by atoms with E-state index in [1.807, 2.05) is 12.1 Å². The molecular weight excluding hydrogens is 416 g/mol. The van der Waals surface area contributed by atoms with E-state index in [0.717, 1.165) is 50.6 Å². The number of hydrogen-bond donors (Lipinski definition) is 3. The Labute approximate surface area is 206 Å². The average Bonchev–Trinajstić information content (AvgIpc) is 2.85. The van der Waals surface area contributed by atoms with Crippen LogP contribution in [0.4, 0.5) is 11.4 Å². The highest BCUT2D eigenvalue weighted by Gasteiger charge is 2.16. The van der Waals surface area contributed by atoms with Crippen LogP contribution in [0.5, 0.6) is 5.75 Å². The Bertz CT molecular complexity index is 1040. The molecule has 3 aromatic carbocycles. The number of aryl methyl sites for hydroxylation is 4. The molecule has 0 spiro atoms. The number of aromatic hydroxyl groups is 1. The van der Waals surface area contributed by atoms with Gasteiger partial charge >= 0.3 is 0 Å². The van der Waals surface area contributed by atoms with E-state index in [2.05, 4.69) is 64.2 Å². The largest absolute Gasteiger partial charge is 0.508 e. The van der Waals surface area contributed by atoms with Gasteiger partial charge < -0.3 is 16.2 Å². The number of anilines is 2. The third kappa shape index (κ3) is 5.94. The summed E-state index contributed by atoms with van der Waals surface area (Å²) in [5.74, 6) is 0.312. The Hall–Kier alpha value is -2.94. The summed E-state index contributed by atoms with van der Waals surface area (Å²) >= 11 is 0. The molecule has 0 saturated heterocycles. The molecule has 0 bridgehead atoms. The molecule has 1 unspecified atom stereocenters.